The van der Waals surface area contributed by atoms with E-state index in [9.17, 15) is 4.79 Å². The Hall–Kier alpha value is -0.550. The number of carbonyl (C=O) groups is 1. The van der Waals surface area contributed by atoms with Crippen LogP contribution in [0.1, 0.15) is 51.9 Å². The maximum Gasteiger partial charge on any atom is 0.224 e. The van der Waals surface area contributed by atoms with Crippen molar-refractivity contribution in [3.8, 4) is 0 Å². The summed E-state index contributed by atoms with van der Waals surface area (Å²) in [6.45, 7) is 2.20. The van der Waals surface area contributed by atoms with E-state index in [4.69, 9.17) is 5.73 Å². The Bertz CT molecular complexity index is 426. The number of rotatable bonds is 8. The number of nitrogens with one attached hydrogen (secondary N) is 1. The summed E-state index contributed by atoms with van der Waals surface area (Å²) in [5, 5.41) is 2.92. The highest BCUT2D eigenvalue weighted by Gasteiger charge is 2.10. The van der Waals surface area contributed by atoms with Crippen LogP contribution in [0, 0.1) is 0 Å². The standard InChI is InChI=1S/C15H22Br2N2O/c1-2-3-4-5-6-7-8-14(20)19-15-12(16)9-11(18)10-13(15)17/h9-10H,2-8,18H2,1H3,(H,19,20). The van der Waals surface area contributed by atoms with Gasteiger partial charge in [-0.15, -0.1) is 0 Å². The van der Waals surface area contributed by atoms with Crippen molar-refractivity contribution in [3.05, 3.63) is 21.1 Å². The van der Waals surface area contributed by atoms with Gasteiger partial charge in [0.25, 0.3) is 0 Å². The van der Waals surface area contributed by atoms with Gasteiger partial charge in [0.05, 0.1) is 5.69 Å². The van der Waals surface area contributed by atoms with E-state index >= 15 is 0 Å². The van der Waals surface area contributed by atoms with Crippen LogP contribution >= 0.6 is 31.9 Å². The SMILES string of the molecule is CCCCCCCCC(=O)Nc1c(Br)cc(N)cc1Br. The molecule has 0 aromatic heterocycles. The van der Waals surface area contributed by atoms with Crippen molar-refractivity contribution >= 4 is 49.1 Å². The molecule has 0 saturated heterocycles. The molecular weight excluding hydrogens is 384 g/mol. The number of anilines is 2. The Labute approximate surface area is 138 Å². The third-order valence-corrected chi connectivity index (χ3v) is 4.34. The number of benzene rings is 1. The molecule has 1 amide bonds. The number of unbranched alkanes of at least 4 members (excludes halogenated alkanes) is 5. The van der Waals surface area contributed by atoms with Crippen LogP contribution in [0.2, 0.25) is 0 Å². The molecule has 3 nitrogen and oxygen atoms in total. The van der Waals surface area contributed by atoms with Crippen LogP contribution in [-0.2, 0) is 4.79 Å². The number of halogens is 2. The minimum Gasteiger partial charge on any atom is -0.399 e. The quantitative estimate of drug-likeness (QED) is 0.444. The second-order valence-corrected chi connectivity index (χ2v) is 6.63. The molecule has 5 heteroatoms. The molecule has 3 N–H and O–H groups in total. The van der Waals surface area contributed by atoms with Gasteiger partial charge in [0.15, 0.2) is 0 Å². The van der Waals surface area contributed by atoms with Gasteiger partial charge in [0.1, 0.15) is 0 Å². The topological polar surface area (TPSA) is 55.1 Å². The highest BCUT2D eigenvalue weighted by atomic mass is 79.9. The predicted octanol–water partition coefficient (Wildman–Crippen LogP) is 5.48. The normalized spacial score (nSPS) is 10.6. The van der Waals surface area contributed by atoms with Crippen LogP contribution in [0.15, 0.2) is 21.1 Å². The number of nitrogen functional groups attached to an aromatic ring is 1. The van der Waals surface area contributed by atoms with E-state index < -0.39 is 0 Å². The molecule has 0 radical (unpaired) electrons. The number of carbonyl (C=O) groups excluding carboxylic acids is 1. The van der Waals surface area contributed by atoms with Gasteiger partial charge in [-0.05, 0) is 50.4 Å². The minimum atomic E-state index is 0.0478. The molecule has 1 aromatic carbocycles. The molecule has 0 spiro atoms. The van der Waals surface area contributed by atoms with Crippen molar-refractivity contribution in [1.82, 2.24) is 0 Å². The zero-order valence-corrected chi connectivity index (χ0v) is 15.0. The highest BCUT2D eigenvalue weighted by Crippen LogP contribution is 2.33. The van der Waals surface area contributed by atoms with Gasteiger partial charge in [-0.1, -0.05) is 39.0 Å². The predicted molar refractivity (Wildman–Crippen MR) is 92.9 cm³/mol. The molecule has 112 valence electrons. The van der Waals surface area contributed by atoms with Crippen LogP contribution in [-0.4, -0.2) is 5.91 Å². The summed E-state index contributed by atoms with van der Waals surface area (Å²) in [6, 6.07) is 3.57. The summed E-state index contributed by atoms with van der Waals surface area (Å²) in [6.07, 6.45) is 7.66. The van der Waals surface area contributed by atoms with Gasteiger partial charge >= 0.3 is 0 Å². The Morgan fingerprint density at radius 1 is 1.10 bits per heavy atom. The Kier molecular flexibility index (Phi) is 8.22. The van der Waals surface area contributed by atoms with Crippen LogP contribution < -0.4 is 11.1 Å². The third-order valence-electron chi connectivity index (χ3n) is 3.09. The van der Waals surface area contributed by atoms with Crippen LogP contribution in [0.5, 0.6) is 0 Å². The molecular formula is C15H22Br2N2O. The van der Waals surface area contributed by atoms with E-state index in [-0.39, 0.29) is 5.91 Å². The maximum atomic E-state index is 11.9. The lowest BCUT2D eigenvalue weighted by Gasteiger charge is -2.10. The molecule has 0 aliphatic rings. The molecule has 0 bridgehead atoms. The van der Waals surface area contributed by atoms with Crippen LogP contribution in [0.25, 0.3) is 0 Å². The van der Waals surface area contributed by atoms with Gasteiger partial charge in [-0.2, -0.15) is 0 Å². The highest BCUT2D eigenvalue weighted by molar-refractivity contribution is 9.11. The molecule has 1 rings (SSSR count). The Morgan fingerprint density at radius 3 is 2.25 bits per heavy atom. The zero-order chi connectivity index (χ0) is 15.0. The molecule has 0 heterocycles. The van der Waals surface area contributed by atoms with E-state index in [0.29, 0.717) is 12.1 Å². The number of hydrogen-bond donors (Lipinski definition) is 2. The van der Waals surface area contributed by atoms with E-state index in [1.54, 1.807) is 12.1 Å². The van der Waals surface area contributed by atoms with Gasteiger partial charge in [0.2, 0.25) is 5.91 Å². The van der Waals surface area contributed by atoms with Gasteiger partial charge < -0.3 is 11.1 Å². The summed E-state index contributed by atoms with van der Waals surface area (Å²) >= 11 is 6.82. The fourth-order valence-corrected chi connectivity index (χ4v) is 3.40. The molecule has 0 saturated carbocycles. The Balaban J connectivity index is 2.36. The van der Waals surface area contributed by atoms with Crippen molar-refractivity contribution in [2.45, 2.75) is 51.9 Å². The van der Waals surface area contributed by atoms with E-state index in [1.165, 1.54) is 25.7 Å². The average molecular weight is 406 g/mol. The summed E-state index contributed by atoms with van der Waals surface area (Å²) in [5.74, 6) is 0.0478. The number of nitrogens with two attached hydrogens (primary N) is 1. The van der Waals surface area contributed by atoms with Gasteiger partial charge in [-0.3, -0.25) is 4.79 Å². The van der Waals surface area contributed by atoms with Crippen molar-refractivity contribution in [2.75, 3.05) is 11.1 Å². The second-order valence-electron chi connectivity index (χ2n) is 4.93. The zero-order valence-electron chi connectivity index (χ0n) is 11.8. The minimum absolute atomic E-state index is 0.0478. The summed E-state index contributed by atoms with van der Waals surface area (Å²) < 4.78 is 1.58. The first kappa shape index (κ1) is 17.5. The second kappa shape index (κ2) is 9.40. The largest absolute Gasteiger partial charge is 0.399 e. The lowest BCUT2D eigenvalue weighted by atomic mass is 10.1. The van der Waals surface area contributed by atoms with Gasteiger partial charge in [0, 0.05) is 21.1 Å². The summed E-state index contributed by atoms with van der Waals surface area (Å²) in [5.41, 5.74) is 7.12. The smallest absolute Gasteiger partial charge is 0.224 e. The molecule has 20 heavy (non-hydrogen) atoms. The lowest BCUT2D eigenvalue weighted by molar-refractivity contribution is -0.116. The van der Waals surface area contributed by atoms with Crippen LogP contribution in [0.4, 0.5) is 11.4 Å². The molecule has 0 aliphatic heterocycles. The number of hydrogen-bond acceptors (Lipinski definition) is 2. The molecule has 0 atom stereocenters. The fourth-order valence-electron chi connectivity index (χ4n) is 1.98. The van der Waals surface area contributed by atoms with Crippen molar-refractivity contribution in [3.63, 3.8) is 0 Å². The number of amides is 1. The van der Waals surface area contributed by atoms with Gasteiger partial charge in [-0.25, -0.2) is 0 Å². The molecule has 1 aromatic rings. The van der Waals surface area contributed by atoms with E-state index in [2.05, 4.69) is 44.1 Å². The first-order valence-corrected chi connectivity index (χ1v) is 8.67. The van der Waals surface area contributed by atoms with Crippen LogP contribution in [0.3, 0.4) is 0 Å². The first-order chi connectivity index (χ1) is 9.54. The molecule has 0 fully saturated rings. The van der Waals surface area contributed by atoms with E-state index in [1.807, 2.05) is 0 Å². The Morgan fingerprint density at radius 2 is 1.65 bits per heavy atom. The van der Waals surface area contributed by atoms with Crippen molar-refractivity contribution in [2.24, 2.45) is 0 Å². The monoisotopic (exact) mass is 404 g/mol. The molecule has 0 aliphatic carbocycles. The lowest BCUT2D eigenvalue weighted by Crippen LogP contribution is -2.12. The summed E-state index contributed by atoms with van der Waals surface area (Å²) in [7, 11) is 0. The summed E-state index contributed by atoms with van der Waals surface area (Å²) in [4.78, 5) is 11.9. The van der Waals surface area contributed by atoms with E-state index in [0.717, 1.165) is 27.5 Å². The third kappa shape index (κ3) is 6.27. The maximum absolute atomic E-state index is 11.9. The van der Waals surface area contributed by atoms with Crippen molar-refractivity contribution in [1.29, 1.82) is 0 Å². The average Bonchev–Trinajstić information content (AvgIpc) is 2.38. The van der Waals surface area contributed by atoms with Crippen molar-refractivity contribution < 1.29 is 4.79 Å². The fraction of sp³-hybridized carbons (Fsp3) is 0.533. The first-order valence-electron chi connectivity index (χ1n) is 7.09. The molecule has 0 unspecified atom stereocenters.